The minimum atomic E-state index is -4.29. The molecule has 1 rings (SSSR count). The van der Waals surface area contributed by atoms with Crippen LogP contribution in [0.25, 0.3) is 0 Å². The van der Waals surface area contributed by atoms with E-state index in [1.54, 1.807) is 0 Å². The summed E-state index contributed by atoms with van der Waals surface area (Å²) in [6, 6.07) is 5.92. The van der Waals surface area contributed by atoms with Crippen molar-refractivity contribution in [3.8, 4) is 11.5 Å². The summed E-state index contributed by atoms with van der Waals surface area (Å²) in [5.74, 6) is 1.33. The van der Waals surface area contributed by atoms with Crippen LogP contribution in [0.1, 0.15) is 28.3 Å². The van der Waals surface area contributed by atoms with Crippen molar-refractivity contribution in [2.45, 2.75) is 38.2 Å². The average Bonchev–Trinajstić information content (AvgIpc) is 2.40. The molecule has 120 valence electrons. The van der Waals surface area contributed by atoms with Crippen LogP contribution in [0.5, 0.6) is 0 Å². The molecule has 0 amide bonds. The zero-order valence-electron chi connectivity index (χ0n) is 13.0. The lowest BCUT2D eigenvalue weighted by atomic mass is 9.95. The predicted octanol–water partition coefficient (Wildman–Crippen LogP) is 4.39. The van der Waals surface area contributed by atoms with E-state index in [-0.39, 0.29) is 0 Å². The average molecular weight is 328 g/mol. The SMILES string of the molecule is COC(=O)c1ccc([C@H](C#C[Si](C)(C)C)CC(F)(F)F)cc1. The molecule has 1 aromatic rings. The first-order chi connectivity index (χ1) is 10.0. The van der Waals surface area contributed by atoms with Crippen LogP contribution in [-0.2, 0) is 4.74 Å². The Labute approximate surface area is 129 Å². The number of methoxy groups -OCH3 is 1. The minimum absolute atomic E-state index is 0.301. The summed E-state index contributed by atoms with van der Waals surface area (Å²) in [7, 11) is -0.513. The Kier molecular flexibility index (Phi) is 5.83. The molecule has 0 aliphatic rings. The van der Waals surface area contributed by atoms with Gasteiger partial charge in [-0.05, 0) is 17.7 Å². The van der Waals surface area contributed by atoms with Crippen LogP contribution < -0.4 is 0 Å². The molecule has 0 heterocycles. The van der Waals surface area contributed by atoms with E-state index in [9.17, 15) is 18.0 Å². The van der Waals surface area contributed by atoms with Crippen molar-refractivity contribution in [1.29, 1.82) is 0 Å². The highest BCUT2D eigenvalue weighted by atomic mass is 28.3. The molecule has 0 aromatic heterocycles. The Bertz CT molecular complexity index is 575. The molecule has 0 radical (unpaired) electrons. The number of carbonyl (C=O) groups excluding carboxylic acids is 1. The number of alkyl halides is 3. The second-order valence-corrected chi connectivity index (χ2v) is 10.8. The van der Waals surface area contributed by atoms with Crippen molar-refractivity contribution in [1.82, 2.24) is 0 Å². The maximum Gasteiger partial charge on any atom is 0.390 e. The Balaban J connectivity index is 3.10. The highest BCUT2D eigenvalue weighted by Gasteiger charge is 2.32. The second kappa shape index (κ2) is 7.01. The molecule has 1 atom stereocenters. The third-order valence-corrected chi connectivity index (χ3v) is 3.69. The van der Waals surface area contributed by atoms with Gasteiger partial charge in [0.15, 0.2) is 0 Å². The standard InChI is InChI=1S/C16H19F3O2Si/c1-21-15(20)13-7-5-12(6-8-13)14(11-16(17,18)19)9-10-22(2,3)4/h5-8,14H,11H2,1-4H3/t14-/m1/s1. The van der Waals surface area contributed by atoms with E-state index in [2.05, 4.69) is 16.2 Å². The van der Waals surface area contributed by atoms with E-state index in [0.29, 0.717) is 11.1 Å². The zero-order valence-corrected chi connectivity index (χ0v) is 14.0. The van der Waals surface area contributed by atoms with Gasteiger partial charge in [-0.3, -0.25) is 0 Å². The highest BCUT2D eigenvalue weighted by Crippen LogP contribution is 2.31. The Hall–Kier alpha value is -1.74. The van der Waals surface area contributed by atoms with Crippen LogP contribution in [0, 0.1) is 11.5 Å². The summed E-state index contributed by atoms with van der Waals surface area (Å²) < 4.78 is 42.8. The first-order valence-corrected chi connectivity index (χ1v) is 10.3. The third kappa shape index (κ3) is 6.35. The van der Waals surface area contributed by atoms with E-state index >= 15 is 0 Å². The fourth-order valence-corrected chi connectivity index (χ4v) is 2.36. The van der Waals surface area contributed by atoms with Crippen molar-refractivity contribution < 1.29 is 22.7 Å². The Morgan fingerprint density at radius 1 is 1.23 bits per heavy atom. The molecular weight excluding hydrogens is 309 g/mol. The van der Waals surface area contributed by atoms with Gasteiger partial charge in [0, 0.05) is 0 Å². The van der Waals surface area contributed by atoms with Gasteiger partial charge in [-0.25, -0.2) is 4.79 Å². The summed E-state index contributed by atoms with van der Waals surface area (Å²) in [6.07, 6.45) is -5.29. The number of ether oxygens (including phenoxy) is 1. The number of benzene rings is 1. The summed E-state index contributed by atoms with van der Waals surface area (Å²) in [4.78, 5) is 11.4. The molecule has 22 heavy (non-hydrogen) atoms. The molecule has 0 N–H and O–H groups in total. The number of carbonyl (C=O) groups is 1. The number of rotatable bonds is 3. The first-order valence-electron chi connectivity index (χ1n) is 6.79. The van der Waals surface area contributed by atoms with Crippen molar-refractivity contribution >= 4 is 14.0 Å². The summed E-state index contributed by atoms with van der Waals surface area (Å²) >= 11 is 0. The van der Waals surface area contributed by atoms with Gasteiger partial charge in [0.25, 0.3) is 0 Å². The molecule has 6 heteroatoms. The van der Waals surface area contributed by atoms with E-state index in [0.717, 1.165) is 0 Å². The van der Waals surface area contributed by atoms with Crippen molar-refractivity contribution in [2.75, 3.05) is 7.11 Å². The van der Waals surface area contributed by atoms with Gasteiger partial charge in [-0.15, -0.1) is 11.5 Å². The monoisotopic (exact) mass is 328 g/mol. The van der Waals surface area contributed by atoms with Gasteiger partial charge in [-0.2, -0.15) is 13.2 Å². The molecule has 0 spiro atoms. The smallest absolute Gasteiger partial charge is 0.390 e. The molecule has 0 fully saturated rings. The summed E-state index contributed by atoms with van der Waals surface area (Å²) in [5, 5.41) is 0. The largest absolute Gasteiger partial charge is 0.465 e. The lowest BCUT2D eigenvalue weighted by molar-refractivity contribution is -0.136. The Morgan fingerprint density at radius 2 is 1.77 bits per heavy atom. The van der Waals surface area contributed by atoms with Gasteiger partial charge >= 0.3 is 12.1 Å². The molecule has 0 aliphatic carbocycles. The topological polar surface area (TPSA) is 26.3 Å². The maximum absolute atomic E-state index is 12.7. The summed E-state index contributed by atoms with van der Waals surface area (Å²) in [5.41, 5.74) is 3.74. The van der Waals surface area contributed by atoms with E-state index in [1.165, 1.54) is 31.4 Å². The van der Waals surface area contributed by atoms with Crippen LogP contribution in [0.2, 0.25) is 19.6 Å². The summed E-state index contributed by atoms with van der Waals surface area (Å²) in [6.45, 7) is 5.93. The lowest BCUT2D eigenvalue weighted by Gasteiger charge is -2.15. The normalized spacial score (nSPS) is 13.0. The van der Waals surface area contributed by atoms with Crippen LogP contribution in [0.4, 0.5) is 13.2 Å². The van der Waals surface area contributed by atoms with Gasteiger partial charge in [0.05, 0.1) is 25.0 Å². The van der Waals surface area contributed by atoms with Crippen molar-refractivity contribution in [2.24, 2.45) is 0 Å². The van der Waals surface area contributed by atoms with Crippen LogP contribution in [-0.4, -0.2) is 27.3 Å². The predicted molar refractivity (Wildman–Crippen MR) is 82.3 cm³/mol. The molecule has 0 saturated heterocycles. The maximum atomic E-state index is 12.7. The van der Waals surface area contributed by atoms with Gasteiger partial charge in [0.2, 0.25) is 0 Å². The number of halogens is 3. The fraction of sp³-hybridized carbons (Fsp3) is 0.438. The number of hydrogen-bond acceptors (Lipinski definition) is 2. The molecule has 0 aliphatic heterocycles. The Morgan fingerprint density at radius 3 is 2.18 bits per heavy atom. The van der Waals surface area contributed by atoms with Crippen LogP contribution >= 0.6 is 0 Å². The third-order valence-electron chi connectivity index (χ3n) is 2.79. The lowest BCUT2D eigenvalue weighted by Crippen LogP contribution is -2.18. The number of esters is 1. The van der Waals surface area contributed by atoms with Crippen LogP contribution in [0.15, 0.2) is 24.3 Å². The molecule has 0 bridgehead atoms. The van der Waals surface area contributed by atoms with Crippen LogP contribution in [0.3, 0.4) is 0 Å². The van der Waals surface area contributed by atoms with E-state index < -0.39 is 32.6 Å². The second-order valence-electron chi connectivity index (χ2n) is 6.00. The molecular formula is C16H19F3O2Si. The fourth-order valence-electron chi connectivity index (χ4n) is 1.76. The van der Waals surface area contributed by atoms with E-state index in [1.807, 2.05) is 19.6 Å². The van der Waals surface area contributed by atoms with Gasteiger partial charge in [-0.1, -0.05) is 31.8 Å². The molecule has 0 unspecified atom stereocenters. The minimum Gasteiger partial charge on any atom is -0.465 e. The van der Waals surface area contributed by atoms with Crippen molar-refractivity contribution in [3.63, 3.8) is 0 Å². The quantitative estimate of drug-likeness (QED) is 0.467. The molecule has 2 nitrogen and oxygen atoms in total. The van der Waals surface area contributed by atoms with E-state index in [4.69, 9.17) is 0 Å². The molecule has 0 saturated carbocycles. The number of hydrogen-bond donors (Lipinski definition) is 0. The highest BCUT2D eigenvalue weighted by molar-refractivity contribution is 6.83. The zero-order chi connectivity index (χ0) is 17.0. The first kappa shape index (κ1) is 18.3. The van der Waals surface area contributed by atoms with Crippen molar-refractivity contribution in [3.05, 3.63) is 35.4 Å². The molecule has 1 aromatic carbocycles. The van der Waals surface area contributed by atoms with Gasteiger partial charge in [0.1, 0.15) is 8.07 Å². The van der Waals surface area contributed by atoms with Gasteiger partial charge < -0.3 is 4.74 Å².